The molecule has 2 rings (SSSR count). The van der Waals surface area contributed by atoms with E-state index in [0.717, 1.165) is 11.3 Å². The Labute approximate surface area is 136 Å². The quantitative estimate of drug-likeness (QED) is 0.823. The Hall–Kier alpha value is -2.08. The molecule has 0 radical (unpaired) electrons. The van der Waals surface area contributed by atoms with Gasteiger partial charge in [-0.15, -0.1) is 0 Å². The predicted octanol–water partition coefficient (Wildman–Crippen LogP) is 3.35. The summed E-state index contributed by atoms with van der Waals surface area (Å²) >= 11 is 3.20. The van der Waals surface area contributed by atoms with Crippen molar-refractivity contribution in [2.24, 2.45) is 5.73 Å². The molecule has 2 aromatic rings. The van der Waals surface area contributed by atoms with Crippen molar-refractivity contribution in [2.75, 3.05) is 19.0 Å². The molecule has 6 heteroatoms. The van der Waals surface area contributed by atoms with Crippen molar-refractivity contribution in [3.8, 4) is 5.75 Å². The summed E-state index contributed by atoms with van der Waals surface area (Å²) in [5, 5.41) is 3.05. The van der Waals surface area contributed by atoms with Crippen LogP contribution in [0.5, 0.6) is 5.75 Å². The van der Waals surface area contributed by atoms with E-state index in [0.29, 0.717) is 23.1 Å². The maximum Gasteiger partial charge on any atom is 0.253 e. The number of nitrogens with two attached hydrogens (primary N) is 1. The summed E-state index contributed by atoms with van der Waals surface area (Å²) in [5.74, 6) is -0.661. The van der Waals surface area contributed by atoms with E-state index in [9.17, 15) is 9.18 Å². The summed E-state index contributed by atoms with van der Waals surface area (Å²) in [4.78, 5) is 11.4. The topological polar surface area (TPSA) is 64.3 Å². The molecule has 1 amide bonds. The molecule has 0 aliphatic carbocycles. The lowest BCUT2D eigenvalue weighted by Gasteiger charge is -2.13. The van der Waals surface area contributed by atoms with E-state index in [1.165, 1.54) is 6.07 Å². The lowest BCUT2D eigenvalue weighted by atomic mass is 10.1. The van der Waals surface area contributed by atoms with Crippen molar-refractivity contribution in [3.05, 3.63) is 57.8 Å². The first-order valence-corrected chi connectivity index (χ1v) is 7.47. The number of carbonyl (C=O) groups is 1. The van der Waals surface area contributed by atoms with Gasteiger partial charge in [0.05, 0.1) is 18.4 Å². The number of halogens is 2. The fourth-order valence-corrected chi connectivity index (χ4v) is 2.63. The van der Waals surface area contributed by atoms with Crippen LogP contribution in [0.3, 0.4) is 0 Å². The van der Waals surface area contributed by atoms with Crippen molar-refractivity contribution in [3.63, 3.8) is 0 Å². The lowest BCUT2D eigenvalue weighted by Crippen LogP contribution is -2.17. The fourth-order valence-electron chi connectivity index (χ4n) is 2.20. The summed E-state index contributed by atoms with van der Waals surface area (Å²) in [6.45, 7) is 0.510. The molecule has 0 unspecified atom stereocenters. The Balaban J connectivity index is 2.13. The minimum atomic E-state index is -0.801. The van der Waals surface area contributed by atoms with Crippen LogP contribution in [-0.2, 0) is 6.42 Å². The number of amides is 1. The van der Waals surface area contributed by atoms with Gasteiger partial charge in [-0.25, -0.2) is 4.39 Å². The van der Waals surface area contributed by atoms with Gasteiger partial charge in [0.1, 0.15) is 11.6 Å². The molecule has 4 nitrogen and oxygen atoms in total. The van der Waals surface area contributed by atoms with Gasteiger partial charge in [0.15, 0.2) is 0 Å². The van der Waals surface area contributed by atoms with Gasteiger partial charge < -0.3 is 15.8 Å². The van der Waals surface area contributed by atoms with Crippen molar-refractivity contribution in [1.82, 2.24) is 0 Å². The third-order valence-corrected chi connectivity index (χ3v) is 3.66. The molecule has 0 heterocycles. The van der Waals surface area contributed by atoms with Crippen LogP contribution < -0.4 is 15.8 Å². The number of anilines is 1. The molecule has 0 spiro atoms. The largest absolute Gasteiger partial charge is 0.496 e. The summed E-state index contributed by atoms with van der Waals surface area (Å²) in [5.41, 5.74) is 6.50. The number of hydrogen-bond donors (Lipinski definition) is 2. The highest BCUT2D eigenvalue weighted by Gasteiger charge is 2.15. The first-order valence-electron chi connectivity index (χ1n) is 6.67. The van der Waals surface area contributed by atoms with Gasteiger partial charge in [-0.2, -0.15) is 0 Å². The first-order chi connectivity index (χ1) is 10.5. The van der Waals surface area contributed by atoms with Gasteiger partial charge in [0.25, 0.3) is 5.91 Å². The minimum Gasteiger partial charge on any atom is -0.496 e. The number of nitrogens with one attached hydrogen (secondary N) is 1. The van der Waals surface area contributed by atoms with Crippen molar-refractivity contribution >= 4 is 27.5 Å². The van der Waals surface area contributed by atoms with E-state index < -0.39 is 11.7 Å². The fraction of sp³-hybridized carbons (Fsp3) is 0.188. The molecule has 2 aromatic carbocycles. The first kappa shape index (κ1) is 16.3. The zero-order valence-corrected chi connectivity index (χ0v) is 13.6. The Bertz CT molecular complexity index is 692. The Kier molecular flexibility index (Phi) is 5.38. The molecule has 0 aromatic heterocycles. The molecule has 0 saturated carbocycles. The van der Waals surface area contributed by atoms with E-state index in [1.807, 2.05) is 24.3 Å². The van der Waals surface area contributed by atoms with Crippen LogP contribution in [0.1, 0.15) is 15.9 Å². The second-order valence-corrected chi connectivity index (χ2v) is 5.58. The molecule has 116 valence electrons. The van der Waals surface area contributed by atoms with Gasteiger partial charge in [-0.05, 0) is 30.2 Å². The van der Waals surface area contributed by atoms with Crippen LogP contribution in [0.25, 0.3) is 0 Å². The Morgan fingerprint density at radius 3 is 2.77 bits per heavy atom. The summed E-state index contributed by atoms with van der Waals surface area (Å²) in [6.07, 6.45) is 0.663. The molecular formula is C16H16BrFN2O2. The maximum absolute atomic E-state index is 13.8. The van der Waals surface area contributed by atoms with Crippen LogP contribution in [0, 0.1) is 5.82 Å². The predicted molar refractivity (Wildman–Crippen MR) is 87.8 cm³/mol. The summed E-state index contributed by atoms with van der Waals surface area (Å²) < 4.78 is 19.7. The Morgan fingerprint density at radius 1 is 1.36 bits per heavy atom. The molecule has 0 saturated heterocycles. The second kappa shape index (κ2) is 7.26. The highest BCUT2D eigenvalue weighted by atomic mass is 79.9. The van der Waals surface area contributed by atoms with Gasteiger partial charge >= 0.3 is 0 Å². The molecule has 0 aliphatic heterocycles. The average molecular weight is 367 g/mol. The van der Waals surface area contributed by atoms with E-state index in [4.69, 9.17) is 10.5 Å². The zero-order chi connectivity index (χ0) is 16.1. The van der Waals surface area contributed by atoms with Crippen LogP contribution in [0.15, 0.2) is 40.9 Å². The van der Waals surface area contributed by atoms with E-state index in [-0.39, 0.29) is 5.56 Å². The van der Waals surface area contributed by atoms with Crippen molar-refractivity contribution < 1.29 is 13.9 Å². The third kappa shape index (κ3) is 3.76. The molecule has 22 heavy (non-hydrogen) atoms. The normalized spacial score (nSPS) is 10.3. The monoisotopic (exact) mass is 366 g/mol. The highest BCUT2D eigenvalue weighted by molar-refractivity contribution is 9.10. The molecule has 0 bridgehead atoms. The number of carbonyl (C=O) groups excluding carboxylic acids is 1. The number of rotatable bonds is 6. The van der Waals surface area contributed by atoms with E-state index in [2.05, 4.69) is 21.2 Å². The Morgan fingerprint density at radius 2 is 2.09 bits per heavy atom. The van der Waals surface area contributed by atoms with Crippen LogP contribution in [0.4, 0.5) is 10.1 Å². The number of benzene rings is 2. The van der Waals surface area contributed by atoms with Crippen molar-refractivity contribution in [1.29, 1.82) is 0 Å². The zero-order valence-electron chi connectivity index (χ0n) is 12.0. The number of ether oxygens (including phenoxy) is 1. The number of hydrogen-bond acceptors (Lipinski definition) is 3. The number of para-hydroxylation sites is 1. The number of methoxy groups -OCH3 is 1. The number of primary amides is 1. The molecule has 0 atom stereocenters. The molecular weight excluding hydrogens is 351 g/mol. The van der Waals surface area contributed by atoms with Crippen LogP contribution in [0.2, 0.25) is 0 Å². The highest BCUT2D eigenvalue weighted by Crippen LogP contribution is 2.25. The summed E-state index contributed by atoms with van der Waals surface area (Å²) in [6, 6.07) is 10.5. The molecule has 0 fully saturated rings. The van der Waals surface area contributed by atoms with Gasteiger partial charge in [-0.1, -0.05) is 34.1 Å². The van der Waals surface area contributed by atoms with E-state index in [1.54, 1.807) is 13.2 Å². The summed E-state index contributed by atoms with van der Waals surface area (Å²) in [7, 11) is 1.61. The third-order valence-electron chi connectivity index (χ3n) is 3.20. The SMILES string of the molecule is COc1ccccc1CCNc1cc(Br)cc(F)c1C(N)=O. The molecule has 3 N–H and O–H groups in total. The van der Waals surface area contributed by atoms with Crippen molar-refractivity contribution in [2.45, 2.75) is 6.42 Å². The smallest absolute Gasteiger partial charge is 0.253 e. The lowest BCUT2D eigenvalue weighted by molar-refractivity contribution is 0.0997. The van der Waals surface area contributed by atoms with Gasteiger partial charge in [-0.3, -0.25) is 4.79 Å². The maximum atomic E-state index is 13.8. The molecule has 0 aliphatic rings. The van der Waals surface area contributed by atoms with Gasteiger partial charge in [0, 0.05) is 11.0 Å². The van der Waals surface area contributed by atoms with Crippen LogP contribution in [-0.4, -0.2) is 19.6 Å². The van der Waals surface area contributed by atoms with Crippen LogP contribution >= 0.6 is 15.9 Å². The standard InChI is InChI=1S/C16H16BrFN2O2/c1-22-14-5-3-2-4-10(14)6-7-20-13-9-11(17)8-12(18)15(13)16(19)21/h2-5,8-9,20H,6-7H2,1H3,(H2,19,21). The second-order valence-electron chi connectivity index (χ2n) is 4.66. The van der Waals surface area contributed by atoms with Gasteiger partial charge in [0.2, 0.25) is 0 Å². The average Bonchev–Trinajstić information content (AvgIpc) is 2.46. The van der Waals surface area contributed by atoms with E-state index >= 15 is 0 Å². The minimum absolute atomic E-state index is 0.136.